The van der Waals surface area contributed by atoms with E-state index in [4.69, 9.17) is 5.73 Å². The Hall–Kier alpha value is -0.990. The average molecular weight is 155 g/mol. The van der Waals surface area contributed by atoms with Crippen LogP contribution in [0, 0.1) is 0 Å². The Morgan fingerprint density at radius 1 is 1.55 bits per heavy atom. The molecule has 0 bridgehead atoms. The van der Waals surface area contributed by atoms with Gasteiger partial charge in [0.25, 0.3) is 0 Å². The summed E-state index contributed by atoms with van der Waals surface area (Å²) < 4.78 is 0. The second-order valence-corrected chi connectivity index (χ2v) is 2.80. The fourth-order valence-electron chi connectivity index (χ4n) is 0.682. The first-order valence-electron chi connectivity index (χ1n) is 3.73. The van der Waals surface area contributed by atoms with Gasteiger partial charge in [0.15, 0.2) is 0 Å². The van der Waals surface area contributed by atoms with E-state index in [-0.39, 0.29) is 0 Å². The molecule has 3 nitrogen and oxygen atoms in total. The molecule has 0 spiro atoms. The highest BCUT2D eigenvalue weighted by atomic mass is 15.0. The first-order valence-corrected chi connectivity index (χ1v) is 3.73. The lowest BCUT2D eigenvalue weighted by Gasteiger charge is -2.08. The number of nitrogens with two attached hydrogens (primary N) is 1. The summed E-state index contributed by atoms with van der Waals surface area (Å²) >= 11 is 0. The van der Waals surface area contributed by atoms with E-state index in [1.165, 1.54) is 0 Å². The van der Waals surface area contributed by atoms with E-state index < -0.39 is 0 Å². The number of hydrogen-bond donors (Lipinski definition) is 2. The van der Waals surface area contributed by atoms with E-state index in [9.17, 15) is 0 Å². The Labute approximate surface area is 68.4 Å². The second kappa shape index (κ2) is 4.77. The summed E-state index contributed by atoms with van der Waals surface area (Å²) in [5.41, 5.74) is 6.25. The molecule has 0 fully saturated rings. The summed E-state index contributed by atoms with van der Waals surface area (Å²) in [6.45, 7) is 5.96. The zero-order valence-corrected chi connectivity index (χ0v) is 7.68. The maximum absolute atomic E-state index is 5.48. The summed E-state index contributed by atoms with van der Waals surface area (Å²) in [6.07, 6.45) is 1.82. The number of rotatable bonds is 2. The minimum Gasteiger partial charge on any atom is -0.402 e. The van der Waals surface area contributed by atoms with Gasteiger partial charge in [0.2, 0.25) is 0 Å². The van der Waals surface area contributed by atoms with Crippen LogP contribution in [0.4, 0.5) is 0 Å². The molecule has 11 heavy (non-hydrogen) atoms. The van der Waals surface area contributed by atoms with Gasteiger partial charge >= 0.3 is 0 Å². The van der Waals surface area contributed by atoms with Gasteiger partial charge in [-0.1, -0.05) is 0 Å². The normalized spacial score (nSPS) is 13.9. The Kier molecular flexibility index (Phi) is 4.34. The third-order valence-electron chi connectivity index (χ3n) is 1.04. The number of aliphatic imine (C=N–C) groups is 1. The van der Waals surface area contributed by atoms with Gasteiger partial charge in [0, 0.05) is 18.8 Å². The van der Waals surface area contributed by atoms with Crippen molar-refractivity contribution in [2.45, 2.75) is 26.8 Å². The van der Waals surface area contributed by atoms with E-state index in [1.807, 2.05) is 13.0 Å². The standard InChI is InChI=1S/C8H17N3/c1-6(2)11-8(10-4)5-7(3)9/h5-6H,9H2,1-4H3,(H,10,11)/b7-5-. The van der Waals surface area contributed by atoms with E-state index in [1.54, 1.807) is 7.05 Å². The van der Waals surface area contributed by atoms with Crippen LogP contribution < -0.4 is 11.1 Å². The van der Waals surface area contributed by atoms with Crippen molar-refractivity contribution in [3.63, 3.8) is 0 Å². The summed E-state index contributed by atoms with van der Waals surface area (Å²) in [7, 11) is 1.74. The molecular formula is C8H17N3. The Bertz CT molecular complexity index is 164. The molecule has 0 aliphatic rings. The van der Waals surface area contributed by atoms with E-state index >= 15 is 0 Å². The number of allylic oxidation sites excluding steroid dienone is 1. The van der Waals surface area contributed by atoms with Crippen molar-refractivity contribution in [2.75, 3.05) is 7.05 Å². The third kappa shape index (κ3) is 5.45. The lowest BCUT2D eigenvalue weighted by Crippen LogP contribution is -2.29. The maximum Gasteiger partial charge on any atom is 0.122 e. The SMILES string of the molecule is CN=C(/C=C(/C)N)NC(C)C. The molecule has 3 heteroatoms. The van der Waals surface area contributed by atoms with Crippen LogP contribution in [-0.2, 0) is 0 Å². The van der Waals surface area contributed by atoms with Crippen LogP contribution >= 0.6 is 0 Å². The van der Waals surface area contributed by atoms with Crippen molar-refractivity contribution in [1.82, 2.24) is 5.32 Å². The molecule has 0 rings (SSSR count). The highest BCUT2D eigenvalue weighted by Crippen LogP contribution is 1.85. The molecule has 0 saturated carbocycles. The minimum atomic E-state index is 0.393. The van der Waals surface area contributed by atoms with Gasteiger partial charge in [-0.2, -0.15) is 0 Å². The minimum absolute atomic E-state index is 0.393. The molecule has 3 N–H and O–H groups in total. The summed E-state index contributed by atoms with van der Waals surface area (Å²) in [5, 5.41) is 3.15. The van der Waals surface area contributed by atoms with Gasteiger partial charge in [-0.25, -0.2) is 0 Å². The smallest absolute Gasteiger partial charge is 0.122 e. The number of hydrogen-bond acceptors (Lipinski definition) is 2. The topological polar surface area (TPSA) is 50.4 Å². The first kappa shape index (κ1) is 10.0. The predicted molar refractivity (Wildman–Crippen MR) is 49.6 cm³/mol. The molecule has 64 valence electrons. The van der Waals surface area contributed by atoms with Crippen LogP contribution in [0.15, 0.2) is 16.8 Å². The third-order valence-corrected chi connectivity index (χ3v) is 1.04. The molecule has 0 heterocycles. The molecule has 0 aliphatic heterocycles. The van der Waals surface area contributed by atoms with Gasteiger partial charge in [-0.3, -0.25) is 4.99 Å². The van der Waals surface area contributed by atoms with Crippen molar-refractivity contribution in [2.24, 2.45) is 10.7 Å². The highest BCUT2D eigenvalue weighted by molar-refractivity contribution is 5.93. The molecule has 0 aromatic heterocycles. The van der Waals surface area contributed by atoms with Crippen LogP contribution in [0.2, 0.25) is 0 Å². The largest absolute Gasteiger partial charge is 0.402 e. The molecule has 0 saturated heterocycles. The molecule has 0 aliphatic carbocycles. The van der Waals surface area contributed by atoms with Gasteiger partial charge < -0.3 is 11.1 Å². The highest BCUT2D eigenvalue weighted by Gasteiger charge is 1.95. The molecule has 0 aromatic rings. The first-order chi connectivity index (χ1) is 5.06. The van der Waals surface area contributed by atoms with Crippen LogP contribution in [0.25, 0.3) is 0 Å². The molecule has 0 amide bonds. The van der Waals surface area contributed by atoms with Crippen molar-refractivity contribution in [1.29, 1.82) is 0 Å². The van der Waals surface area contributed by atoms with Crippen LogP contribution in [0.1, 0.15) is 20.8 Å². The molecule has 0 atom stereocenters. The quantitative estimate of drug-likeness (QED) is 0.459. The van der Waals surface area contributed by atoms with Crippen molar-refractivity contribution in [3.8, 4) is 0 Å². The Morgan fingerprint density at radius 3 is 2.36 bits per heavy atom. The van der Waals surface area contributed by atoms with Crippen molar-refractivity contribution < 1.29 is 0 Å². The Morgan fingerprint density at radius 2 is 2.09 bits per heavy atom. The predicted octanol–water partition coefficient (Wildman–Crippen LogP) is 0.875. The van der Waals surface area contributed by atoms with Crippen LogP contribution in [0.5, 0.6) is 0 Å². The number of nitrogens with one attached hydrogen (secondary N) is 1. The summed E-state index contributed by atoms with van der Waals surface area (Å²) in [4.78, 5) is 4.02. The van der Waals surface area contributed by atoms with E-state index in [0.29, 0.717) is 6.04 Å². The summed E-state index contributed by atoms with van der Waals surface area (Å²) in [5.74, 6) is 0.833. The molecule has 0 aromatic carbocycles. The lowest BCUT2D eigenvalue weighted by molar-refractivity contribution is 0.734. The van der Waals surface area contributed by atoms with Gasteiger partial charge in [-0.15, -0.1) is 0 Å². The monoisotopic (exact) mass is 155 g/mol. The summed E-state index contributed by atoms with van der Waals surface area (Å²) in [6, 6.07) is 0.393. The average Bonchev–Trinajstić information content (AvgIpc) is 1.84. The van der Waals surface area contributed by atoms with Gasteiger partial charge in [0.05, 0.1) is 0 Å². The fraction of sp³-hybridized carbons (Fsp3) is 0.625. The second-order valence-electron chi connectivity index (χ2n) is 2.80. The zero-order chi connectivity index (χ0) is 8.85. The van der Waals surface area contributed by atoms with Gasteiger partial charge in [-0.05, 0) is 26.8 Å². The van der Waals surface area contributed by atoms with E-state index in [2.05, 4.69) is 24.2 Å². The number of amidine groups is 1. The van der Waals surface area contributed by atoms with E-state index in [0.717, 1.165) is 11.5 Å². The van der Waals surface area contributed by atoms with Gasteiger partial charge in [0.1, 0.15) is 5.84 Å². The lowest BCUT2D eigenvalue weighted by atomic mass is 10.3. The number of nitrogens with zero attached hydrogens (tertiary/aromatic N) is 1. The molecular weight excluding hydrogens is 138 g/mol. The van der Waals surface area contributed by atoms with Crippen LogP contribution in [-0.4, -0.2) is 18.9 Å². The molecule has 0 radical (unpaired) electrons. The maximum atomic E-state index is 5.48. The zero-order valence-electron chi connectivity index (χ0n) is 7.68. The Balaban J connectivity index is 4.10. The van der Waals surface area contributed by atoms with Crippen molar-refractivity contribution >= 4 is 5.84 Å². The van der Waals surface area contributed by atoms with Crippen LogP contribution in [0.3, 0.4) is 0 Å². The molecule has 0 unspecified atom stereocenters. The van der Waals surface area contributed by atoms with Crippen molar-refractivity contribution in [3.05, 3.63) is 11.8 Å². The fourth-order valence-corrected chi connectivity index (χ4v) is 0.682.